The van der Waals surface area contributed by atoms with Gasteiger partial charge in [-0.2, -0.15) is 5.10 Å². The van der Waals surface area contributed by atoms with E-state index in [2.05, 4.69) is 14.7 Å². The van der Waals surface area contributed by atoms with Gasteiger partial charge in [0.15, 0.2) is 0 Å². The summed E-state index contributed by atoms with van der Waals surface area (Å²) in [4.78, 5) is 2.27. The van der Waals surface area contributed by atoms with Crippen molar-refractivity contribution in [1.29, 1.82) is 0 Å². The second-order valence-electron chi connectivity index (χ2n) is 6.70. The predicted octanol–water partition coefficient (Wildman–Crippen LogP) is 1.42. The highest BCUT2D eigenvalue weighted by molar-refractivity contribution is 7.90. The predicted molar refractivity (Wildman–Crippen MR) is 88.8 cm³/mol. The second-order valence-corrected chi connectivity index (χ2v) is 8.74. The molecule has 2 aromatic rings. The molecule has 2 aliphatic rings. The summed E-state index contributed by atoms with van der Waals surface area (Å²) in [5.41, 5.74) is 1.10. The van der Waals surface area contributed by atoms with Crippen molar-refractivity contribution in [3.05, 3.63) is 41.6 Å². The maximum atomic E-state index is 12.1. The number of nitrogens with zero attached hydrogens (tertiary/aromatic N) is 3. The molecule has 1 saturated carbocycles. The molecule has 0 radical (unpaired) electrons. The van der Waals surface area contributed by atoms with Crippen LogP contribution in [0.2, 0.25) is 0 Å². The van der Waals surface area contributed by atoms with Crippen LogP contribution in [-0.4, -0.2) is 41.4 Å². The summed E-state index contributed by atoms with van der Waals surface area (Å²) in [6.45, 7) is 4.55. The van der Waals surface area contributed by atoms with E-state index in [1.54, 1.807) is 6.20 Å². The Kier molecular flexibility index (Phi) is 3.98. The van der Waals surface area contributed by atoms with E-state index in [4.69, 9.17) is 4.42 Å². The highest BCUT2D eigenvalue weighted by Crippen LogP contribution is 2.28. The van der Waals surface area contributed by atoms with Gasteiger partial charge in [0.1, 0.15) is 11.5 Å². The molecule has 0 unspecified atom stereocenters. The van der Waals surface area contributed by atoms with Crippen molar-refractivity contribution in [2.75, 3.05) is 13.1 Å². The molecule has 0 spiro atoms. The zero-order valence-electron chi connectivity index (χ0n) is 13.7. The third-order valence-corrected chi connectivity index (χ3v) is 6.53. The summed E-state index contributed by atoms with van der Waals surface area (Å²) in [5, 5.41) is 4.18. The number of sulfonamides is 1. The fraction of sp³-hybridized carbons (Fsp3) is 0.562. The van der Waals surface area contributed by atoms with Crippen LogP contribution < -0.4 is 4.72 Å². The third-order valence-electron chi connectivity index (χ3n) is 4.61. The van der Waals surface area contributed by atoms with Crippen LogP contribution in [0.4, 0.5) is 0 Å². The van der Waals surface area contributed by atoms with E-state index in [0.29, 0.717) is 13.1 Å². The van der Waals surface area contributed by atoms with Crippen LogP contribution in [0.5, 0.6) is 0 Å². The Balaban J connectivity index is 1.46. The summed E-state index contributed by atoms with van der Waals surface area (Å²) in [5.74, 6) is 1.83. The molecule has 4 rings (SSSR count). The van der Waals surface area contributed by atoms with E-state index in [1.165, 1.54) is 0 Å². The van der Waals surface area contributed by atoms with E-state index < -0.39 is 10.0 Å². The number of aromatic nitrogens is 2. The number of furan rings is 1. The molecule has 7 nitrogen and oxygen atoms in total. The number of fused-ring (bicyclic) bond motifs is 1. The van der Waals surface area contributed by atoms with Gasteiger partial charge >= 0.3 is 0 Å². The number of nitrogens with one attached hydrogen (secondary N) is 1. The average Bonchev–Trinajstić information content (AvgIpc) is 3.18. The number of rotatable bonds is 6. The van der Waals surface area contributed by atoms with Crippen molar-refractivity contribution >= 4 is 10.0 Å². The van der Waals surface area contributed by atoms with Crippen molar-refractivity contribution in [2.45, 2.75) is 44.1 Å². The van der Waals surface area contributed by atoms with Crippen molar-refractivity contribution in [3.63, 3.8) is 0 Å². The third kappa shape index (κ3) is 3.26. The summed E-state index contributed by atoms with van der Waals surface area (Å²) in [7, 11) is -3.17. The molecular weight excluding hydrogens is 328 g/mol. The Hall–Kier alpha value is -1.64. The molecule has 130 valence electrons. The molecule has 0 bridgehead atoms. The first-order valence-corrected chi connectivity index (χ1v) is 9.84. The zero-order valence-corrected chi connectivity index (χ0v) is 14.5. The van der Waals surface area contributed by atoms with Gasteiger partial charge in [-0.15, -0.1) is 0 Å². The summed E-state index contributed by atoms with van der Waals surface area (Å²) < 4.78 is 34.6. The molecule has 0 saturated heterocycles. The summed E-state index contributed by atoms with van der Waals surface area (Å²) in [6.07, 6.45) is 3.33. The van der Waals surface area contributed by atoms with Gasteiger partial charge in [-0.05, 0) is 38.0 Å². The molecule has 1 N–H and O–H groups in total. The normalized spacial score (nSPS) is 21.8. The Bertz CT molecular complexity index is 822. The van der Waals surface area contributed by atoms with Crippen LogP contribution in [-0.2, 0) is 23.1 Å². The lowest BCUT2D eigenvalue weighted by Crippen LogP contribution is -2.43. The lowest BCUT2D eigenvalue weighted by molar-refractivity contribution is 0.157. The molecule has 0 amide bonds. The van der Waals surface area contributed by atoms with Gasteiger partial charge < -0.3 is 4.42 Å². The first kappa shape index (κ1) is 15.9. The molecule has 1 aliphatic carbocycles. The lowest BCUT2D eigenvalue weighted by Gasteiger charge is -2.33. The Morgan fingerprint density at radius 1 is 1.33 bits per heavy atom. The standard InChI is InChI=1S/C16H22N4O3S/c1-12-2-3-15(23-12)11-19-9-13-6-7-17-20(13)14(10-19)8-18-24(21,22)16-4-5-16/h2-3,6-7,14,16,18H,4-5,8-11H2,1H3/t14-/m1/s1. The van der Waals surface area contributed by atoms with Crippen molar-refractivity contribution < 1.29 is 12.8 Å². The van der Waals surface area contributed by atoms with Gasteiger partial charge in [0.25, 0.3) is 0 Å². The number of aryl methyl sites for hydroxylation is 1. The highest BCUT2D eigenvalue weighted by Gasteiger charge is 2.36. The van der Waals surface area contributed by atoms with Crippen LogP contribution in [0.3, 0.4) is 0 Å². The lowest BCUT2D eigenvalue weighted by atomic mass is 10.2. The molecule has 2 aromatic heterocycles. The first-order chi connectivity index (χ1) is 11.5. The van der Waals surface area contributed by atoms with Gasteiger partial charge in [-0.1, -0.05) is 0 Å². The second kappa shape index (κ2) is 6.02. The van der Waals surface area contributed by atoms with Gasteiger partial charge in [0.05, 0.1) is 23.5 Å². The van der Waals surface area contributed by atoms with Crippen molar-refractivity contribution in [1.82, 2.24) is 19.4 Å². The SMILES string of the molecule is Cc1ccc(CN2Cc3ccnn3[C@H](CNS(=O)(=O)C3CC3)C2)o1. The largest absolute Gasteiger partial charge is 0.465 e. The maximum Gasteiger partial charge on any atom is 0.214 e. The molecule has 1 aliphatic heterocycles. The minimum atomic E-state index is -3.17. The fourth-order valence-electron chi connectivity index (χ4n) is 3.24. The molecule has 8 heteroatoms. The maximum absolute atomic E-state index is 12.1. The Morgan fingerprint density at radius 2 is 2.17 bits per heavy atom. The quantitative estimate of drug-likeness (QED) is 0.852. The summed E-state index contributed by atoms with van der Waals surface area (Å²) >= 11 is 0. The fourth-order valence-corrected chi connectivity index (χ4v) is 4.65. The average molecular weight is 350 g/mol. The molecule has 1 fully saturated rings. The minimum absolute atomic E-state index is 0.00617. The van der Waals surface area contributed by atoms with Gasteiger partial charge in [-0.3, -0.25) is 9.58 Å². The van der Waals surface area contributed by atoms with E-state index in [0.717, 1.165) is 43.1 Å². The van der Waals surface area contributed by atoms with Crippen molar-refractivity contribution in [2.24, 2.45) is 0 Å². The molecule has 1 atom stereocenters. The van der Waals surface area contributed by atoms with Gasteiger partial charge in [-0.25, -0.2) is 13.1 Å². The smallest absolute Gasteiger partial charge is 0.214 e. The summed E-state index contributed by atoms with van der Waals surface area (Å²) in [6, 6.07) is 5.94. The monoisotopic (exact) mass is 350 g/mol. The highest BCUT2D eigenvalue weighted by atomic mass is 32.2. The van der Waals surface area contributed by atoms with Crippen LogP contribution >= 0.6 is 0 Å². The van der Waals surface area contributed by atoms with Crippen LogP contribution in [0, 0.1) is 6.92 Å². The van der Waals surface area contributed by atoms with Crippen LogP contribution in [0.1, 0.15) is 36.1 Å². The van der Waals surface area contributed by atoms with E-state index in [9.17, 15) is 8.42 Å². The van der Waals surface area contributed by atoms with Crippen LogP contribution in [0.15, 0.2) is 28.8 Å². The van der Waals surface area contributed by atoms with Gasteiger partial charge in [0, 0.05) is 25.8 Å². The topological polar surface area (TPSA) is 80.4 Å². The molecule has 0 aromatic carbocycles. The van der Waals surface area contributed by atoms with Crippen molar-refractivity contribution in [3.8, 4) is 0 Å². The molecule has 24 heavy (non-hydrogen) atoms. The van der Waals surface area contributed by atoms with Gasteiger partial charge in [0.2, 0.25) is 10.0 Å². The molecule has 3 heterocycles. The van der Waals surface area contributed by atoms with E-state index in [1.807, 2.05) is 29.8 Å². The van der Waals surface area contributed by atoms with Crippen LogP contribution in [0.25, 0.3) is 0 Å². The number of hydrogen-bond acceptors (Lipinski definition) is 5. The number of hydrogen-bond donors (Lipinski definition) is 1. The minimum Gasteiger partial charge on any atom is -0.465 e. The zero-order chi connectivity index (χ0) is 16.7. The Morgan fingerprint density at radius 3 is 2.88 bits per heavy atom. The van der Waals surface area contributed by atoms with E-state index >= 15 is 0 Å². The Labute approximate surface area is 141 Å². The van der Waals surface area contributed by atoms with E-state index in [-0.39, 0.29) is 11.3 Å². The molecular formula is C16H22N4O3S. The first-order valence-electron chi connectivity index (χ1n) is 8.30.